The van der Waals surface area contributed by atoms with Crippen molar-refractivity contribution in [2.75, 3.05) is 27.2 Å². The van der Waals surface area contributed by atoms with Gasteiger partial charge in [0, 0.05) is 26.6 Å². The second-order valence-electron chi connectivity index (χ2n) is 4.05. The highest BCUT2D eigenvalue weighted by molar-refractivity contribution is 5.76. The number of benzene rings is 1. The zero-order valence-electron chi connectivity index (χ0n) is 10.4. The van der Waals surface area contributed by atoms with Crippen LogP contribution in [0.5, 0.6) is 0 Å². The first kappa shape index (κ1) is 13.6. The summed E-state index contributed by atoms with van der Waals surface area (Å²) in [5, 5.41) is 2.94. The Kier molecular flexibility index (Phi) is 5.63. The molecule has 4 heteroatoms. The predicted molar refractivity (Wildman–Crippen MR) is 66.3 cm³/mol. The minimum atomic E-state index is -0.230. The summed E-state index contributed by atoms with van der Waals surface area (Å²) in [6.07, 6.45) is 1.18. The van der Waals surface area contributed by atoms with Crippen molar-refractivity contribution in [2.24, 2.45) is 0 Å². The highest BCUT2D eigenvalue weighted by Gasteiger charge is 2.07. The van der Waals surface area contributed by atoms with Crippen LogP contribution in [-0.4, -0.2) is 38.0 Å². The molecule has 0 spiro atoms. The standard InChI is InChI=1S/C13H19FN2O/c1-15-8-6-13(17)16(2)9-7-11-4-3-5-12(14)10-11/h3-5,10,15H,6-9H2,1-2H3. The van der Waals surface area contributed by atoms with Crippen molar-refractivity contribution in [1.29, 1.82) is 0 Å². The first-order chi connectivity index (χ1) is 8.13. The van der Waals surface area contributed by atoms with Crippen LogP contribution in [0.4, 0.5) is 4.39 Å². The first-order valence-corrected chi connectivity index (χ1v) is 5.76. The Morgan fingerprint density at radius 2 is 2.24 bits per heavy atom. The quantitative estimate of drug-likeness (QED) is 0.813. The summed E-state index contributed by atoms with van der Waals surface area (Å²) >= 11 is 0. The van der Waals surface area contributed by atoms with Crippen molar-refractivity contribution in [3.05, 3.63) is 35.6 Å². The van der Waals surface area contributed by atoms with Gasteiger partial charge in [-0.05, 0) is 31.2 Å². The lowest BCUT2D eigenvalue weighted by molar-refractivity contribution is -0.129. The van der Waals surface area contributed by atoms with Crippen molar-refractivity contribution >= 4 is 5.91 Å². The minimum Gasteiger partial charge on any atom is -0.345 e. The van der Waals surface area contributed by atoms with E-state index in [1.54, 1.807) is 18.0 Å². The average molecular weight is 238 g/mol. The van der Waals surface area contributed by atoms with Gasteiger partial charge in [-0.25, -0.2) is 4.39 Å². The molecule has 0 unspecified atom stereocenters. The second kappa shape index (κ2) is 7.01. The van der Waals surface area contributed by atoms with Crippen LogP contribution in [0.15, 0.2) is 24.3 Å². The number of carbonyl (C=O) groups excluding carboxylic acids is 1. The van der Waals surface area contributed by atoms with Crippen molar-refractivity contribution in [2.45, 2.75) is 12.8 Å². The van der Waals surface area contributed by atoms with Crippen LogP contribution in [0.1, 0.15) is 12.0 Å². The van der Waals surface area contributed by atoms with Crippen LogP contribution < -0.4 is 5.32 Å². The molecule has 0 bridgehead atoms. The number of halogens is 1. The smallest absolute Gasteiger partial charge is 0.223 e. The fraction of sp³-hybridized carbons (Fsp3) is 0.462. The molecule has 0 radical (unpaired) electrons. The average Bonchev–Trinajstić information content (AvgIpc) is 2.33. The molecule has 0 aliphatic carbocycles. The molecule has 0 atom stereocenters. The highest BCUT2D eigenvalue weighted by atomic mass is 19.1. The fourth-order valence-electron chi connectivity index (χ4n) is 1.54. The van der Waals surface area contributed by atoms with E-state index in [-0.39, 0.29) is 11.7 Å². The third-order valence-corrected chi connectivity index (χ3v) is 2.64. The number of carbonyl (C=O) groups is 1. The number of nitrogens with one attached hydrogen (secondary N) is 1. The fourth-order valence-corrected chi connectivity index (χ4v) is 1.54. The number of rotatable bonds is 6. The summed E-state index contributed by atoms with van der Waals surface area (Å²) in [4.78, 5) is 13.3. The molecule has 0 fully saturated rings. The summed E-state index contributed by atoms with van der Waals surface area (Å²) in [5.74, 6) is -0.123. The van der Waals surface area contributed by atoms with Crippen LogP contribution in [0.2, 0.25) is 0 Å². The monoisotopic (exact) mass is 238 g/mol. The maximum absolute atomic E-state index is 12.9. The molecule has 17 heavy (non-hydrogen) atoms. The third-order valence-electron chi connectivity index (χ3n) is 2.64. The summed E-state index contributed by atoms with van der Waals surface area (Å²) in [6, 6.07) is 6.49. The van der Waals surface area contributed by atoms with E-state index in [9.17, 15) is 9.18 Å². The Bertz CT molecular complexity index is 368. The lowest BCUT2D eigenvalue weighted by Crippen LogP contribution is -2.30. The van der Waals surface area contributed by atoms with Crippen LogP contribution in [0, 0.1) is 5.82 Å². The topological polar surface area (TPSA) is 32.3 Å². The molecule has 0 aromatic heterocycles. The van der Waals surface area contributed by atoms with E-state index in [4.69, 9.17) is 0 Å². The number of amides is 1. The summed E-state index contributed by atoms with van der Waals surface area (Å²) in [6.45, 7) is 1.30. The van der Waals surface area contributed by atoms with Crippen LogP contribution in [-0.2, 0) is 11.2 Å². The molecule has 3 nitrogen and oxygen atoms in total. The van der Waals surface area contributed by atoms with E-state index in [0.717, 1.165) is 5.56 Å². The zero-order valence-corrected chi connectivity index (χ0v) is 10.4. The van der Waals surface area contributed by atoms with Gasteiger partial charge < -0.3 is 10.2 Å². The third kappa shape index (κ3) is 4.95. The van der Waals surface area contributed by atoms with Crippen LogP contribution in [0.3, 0.4) is 0 Å². The Labute approximate surface area is 102 Å². The van der Waals surface area contributed by atoms with Gasteiger partial charge in [0.25, 0.3) is 0 Å². The largest absolute Gasteiger partial charge is 0.345 e. The number of hydrogen-bond donors (Lipinski definition) is 1. The molecule has 1 N–H and O–H groups in total. The van der Waals surface area contributed by atoms with Gasteiger partial charge in [0.2, 0.25) is 5.91 Å². The lowest BCUT2D eigenvalue weighted by atomic mass is 10.1. The SMILES string of the molecule is CNCCC(=O)N(C)CCc1cccc(F)c1. The summed E-state index contributed by atoms with van der Waals surface area (Å²) < 4.78 is 12.9. The molecule has 1 rings (SSSR count). The summed E-state index contributed by atoms with van der Waals surface area (Å²) in [5.41, 5.74) is 0.915. The maximum atomic E-state index is 12.9. The van der Waals surface area contributed by atoms with Gasteiger partial charge in [0.1, 0.15) is 5.82 Å². The highest BCUT2D eigenvalue weighted by Crippen LogP contribution is 2.05. The van der Waals surface area contributed by atoms with E-state index >= 15 is 0 Å². The minimum absolute atomic E-state index is 0.107. The van der Waals surface area contributed by atoms with Gasteiger partial charge >= 0.3 is 0 Å². The Balaban J connectivity index is 2.37. The molecule has 94 valence electrons. The molecule has 0 aliphatic heterocycles. The number of likely N-dealkylation sites (N-methyl/N-ethyl adjacent to an activating group) is 1. The molecule has 1 aromatic rings. The van der Waals surface area contributed by atoms with Crippen molar-refractivity contribution in [3.8, 4) is 0 Å². The molecular weight excluding hydrogens is 219 g/mol. The van der Waals surface area contributed by atoms with Crippen molar-refractivity contribution in [1.82, 2.24) is 10.2 Å². The van der Waals surface area contributed by atoms with Gasteiger partial charge in [-0.2, -0.15) is 0 Å². The van der Waals surface area contributed by atoms with Crippen molar-refractivity contribution < 1.29 is 9.18 Å². The van der Waals surface area contributed by atoms with E-state index < -0.39 is 0 Å². The summed E-state index contributed by atoms with van der Waals surface area (Å²) in [7, 11) is 3.59. The van der Waals surface area contributed by atoms with Gasteiger partial charge in [-0.15, -0.1) is 0 Å². The zero-order chi connectivity index (χ0) is 12.7. The Hall–Kier alpha value is -1.42. The van der Waals surface area contributed by atoms with Gasteiger partial charge in [0.05, 0.1) is 0 Å². The predicted octanol–water partition coefficient (Wildman–Crippen LogP) is 1.44. The van der Waals surface area contributed by atoms with Crippen LogP contribution in [0.25, 0.3) is 0 Å². The van der Waals surface area contributed by atoms with E-state index in [1.165, 1.54) is 12.1 Å². The number of nitrogens with zero attached hydrogens (tertiary/aromatic N) is 1. The normalized spacial score (nSPS) is 10.3. The lowest BCUT2D eigenvalue weighted by Gasteiger charge is -2.17. The maximum Gasteiger partial charge on any atom is 0.223 e. The molecule has 0 aliphatic rings. The Morgan fingerprint density at radius 3 is 2.88 bits per heavy atom. The van der Waals surface area contributed by atoms with E-state index in [1.807, 2.05) is 13.1 Å². The Morgan fingerprint density at radius 1 is 1.47 bits per heavy atom. The molecule has 1 amide bonds. The number of hydrogen-bond acceptors (Lipinski definition) is 2. The van der Waals surface area contributed by atoms with Gasteiger partial charge in [-0.3, -0.25) is 4.79 Å². The van der Waals surface area contributed by atoms with Crippen molar-refractivity contribution in [3.63, 3.8) is 0 Å². The molecule has 0 saturated carbocycles. The first-order valence-electron chi connectivity index (χ1n) is 5.76. The second-order valence-corrected chi connectivity index (χ2v) is 4.05. The van der Waals surface area contributed by atoms with Crippen LogP contribution >= 0.6 is 0 Å². The van der Waals surface area contributed by atoms with E-state index in [0.29, 0.717) is 25.9 Å². The van der Waals surface area contributed by atoms with Gasteiger partial charge in [-0.1, -0.05) is 12.1 Å². The molecule has 0 saturated heterocycles. The molecule has 1 aromatic carbocycles. The molecular formula is C13H19FN2O. The van der Waals surface area contributed by atoms with E-state index in [2.05, 4.69) is 5.32 Å². The van der Waals surface area contributed by atoms with Gasteiger partial charge in [0.15, 0.2) is 0 Å². The molecule has 0 heterocycles.